The lowest BCUT2D eigenvalue weighted by Gasteiger charge is -2.12. The van der Waals surface area contributed by atoms with Crippen molar-refractivity contribution in [2.75, 3.05) is 0 Å². The number of halogens is 1. The van der Waals surface area contributed by atoms with Gasteiger partial charge in [0.15, 0.2) is 0 Å². The van der Waals surface area contributed by atoms with Crippen LogP contribution in [0.3, 0.4) is 0 Å². The number of aromatic nitrogens is 1. The minimum Gasteiger partial charge on any atom is -0.320 e. The van der Waals surface area contributed by atoms with Gasteiger partial charge in [0.05, 0.1) is 11.0 Å². The van der Waals surface area contributed by atoms with E-state index in [0.29, 0.717) is 10.6 Å². The minimum atomic E-state index is -0.491. The molecule has 0 amide bonds. The number of non-ortho nitro benzene ring substituents is 1. The largest absolute Gasteiger partial charge is 0.320 e. The maximum atomic E-state index is 10.8. The van der Waals surface area contributed by atoms with Crippen LogP contribution >= 0.6 is 11.6 Å². The molecule has 1 aromatic heterocycles. The second kappa shape index (κ2) is 5.12. The number of nitro benzene ring substituents is 1. The first-order chi connectivity index (χ1) is 8.58. The molecule has 0 radical (unpaired) electrons. The normalized spacial score (nSPS) is 12.1. The Morgan fingerprint density at radius 2 is 1.89 bits per heavy atom. The fourth-order valence-corrected chi connectivity index (χ4v) is 1.88. The number of pyridine rings is 1. The summed E-state index contributed by atoms with van der Waals surface area (Å²) >= 11 is 5.85. The van der Waals surface area contributed by atoms with E-state index in [1.165, 1.54) is 12.1 Å². The molecule has 0 spiro atoms. The maximum Gasteiger partial charge on any atom is 0.271 e. The molecule has 2 aromatic rings. The molecule has 0 aliphatic rings. The predicted octanol–water partition coefficient (Wildman–Crippen LogP) is 2.69. The van der Waals surface area contributed by atoms with Crippen molar-refractivity contribution >= 4 is 17.3 Å². The molecular formula is C12H10ClN3O2. The third-order valence-electron chi connectivity index (χ3n) is 2.54. The second-order valence-corrected chi connectivity index (χ2v) is 4.19. The minimum absolute atomic E-state index is 0.0676. The van der Waals surface area contributed by atoms with Crippen LogP contribution < -0.4 is 5.73 Å². The molecule has 1 aromatic carbocycles. The van der Waals surface area contributed by atoms with Gasteiger partial charge in [-0.2, -0.15) is 0 Å². The zero-order chi connectivity index (χ0) is 13.1. The molecule has 18 heavy (non-hydrogen) atoms. The van der Waals surface area contributed by atoms with E-state index in [-0.39, 0.29) is 5.69 Å². The highest BCUT2D eigenvalue weighted by molar-refractivity contribution is 6.30. The van der Waals surface area contributed by atoms with E-state index < -0.39 is 11.0 Å². The van der Waals surface area contributed by atoms with Gasteiger partial charge in [0.25, 0.3) is 5.69 Å². The van der Waals surface area contributed by atoms with Crippen molar-refractivity contribution in [2.45, 2.75) is 6.04 Å². The first-order valence-corrected chi connectivity index (χ1v) is 5.56. The zero-order valence-electron chi connectivity index (χ0n) is 9.29. The molecule has 0 aliphatic carbocycles. The summed E-state index contributed by atoms with van der Waals surface area (Å²) in [5.74, 6) is 0. The summed E-state index contributed by atoms with van der Waals surface area (Å²) < 4.78 is 0. The quantitative estimate of drug-likeness (QED) is 0.682. The lowest BCUT2D eigenvalue weighted by Crippen LogP contribution is -2.12. The van der Waals surface area contributed by atoms with E-state index in [4.69, 9.17) is 17.3 Å². The highest BCUT2D eigenvalue weighted by atomic mass is 35.5. The Bertz CT molecular complexity index is 575. The number of nitrogens with zero attached hydrogens (tertiary/aromatic N) is 2. The zero-order valence-corrected chi connectivity index (χ0v) is 10.0. The Morgan fingerprint density at radius 3 is 2.50 bits per heavy atom. The summed E-state index contributed by atoms with van der Waals surface area (Å²) in [7, 11) is 0. The SMILES string of the molecule is NC(c1ccncc1)c1cc(Cl)cc([N+](=O)[O-])c1. The Hall–Kier alpha value is -1.98. The molecule has 0 aliphatic heterocycles. The summed E-state index contributed by atoms with van der Waals surface area (Å²) in [5.41, 5.74) is 7.40. The summed E-state index contributed by atoms with van der Waals surface area (Å²) in [5, 5.41) is 11.1. The molecule has 2 N–H and O–H groups in total. The standard InChI is InChI=1S/C12H10ClN3O2/c13-10-5-9(6-11(7-10)16(17)18)12(14)8-1-3-15-4-2-8/h1-7,12H,14H2. The molecule has 0 bridgehead atoms. The highest BCUT2D eigenvalue weighted by Gasteiger charge is 2.14. The highest BCUT2D eigenvalue weighted by Crippen LogP contribution is 2.27. The monoisotopic (exact) mass is 263 g/mol. The first kappa shape index (κ1) is 12.5. The third-order valence-corrected chi connectivity index (χ3v) is 2.76. The predicted molar refractivity (Wildman–Crippen MR) is 68.4 cm³/mol. The van der Waals surface area contributed by atoms with E-state index in [0.717, 1.165) is 5.56 Å². The summed E-state index contributed by atoms with van der Waals surface area (Å²) in [6.07, 6.45) is 3.24. The van der Waals surface area contributed by atoms with Crippen LogP contribution in [0.25, 0.3) is 0 Å². The molecule has 5 nitrogen and oxygen atoms in total. The van der Waals surface area contributed by atoms with Crippen LogP contribution in [-0.2, 0) is 0 Å². The maximum absolute atomic E-state index is 10.8. The van der Waals surface area contributed by atoms with Crippen LogP contribution in [0.5, 0.6) is 0 Å². The molecule has 0 saturated carbocycles. The van der Waals surface area contributed by atoms with Crippen LogP contribution in [0, 0.1) is 10.1 Å². The van der Waals surface area contributed by atoms with Gasteiger partial charge in [-0.05, 0) is 29.3 Å². The number of hydrogen-bond donors (Lipinski definition) is 1. The number of hydrogen-bond acceptors (Lipinski definition) is 4. The van der Waals surface area contributed by atoms with Gasteiger partial charge in [0.1, 0.15) is 0 Å². The molecule has 1 atom stereocenters. The molecule has 1 heterocycles. The van der Waals surface area contributed by atoms with Crippen LogP contribution in [0.4, 0.5) is 5.69 Å². The lowest BCUT2D eigenvalue weighted by molar-refractivity contribution is -0.384. The van der Waals surface area contributed by atoms with E-state index in [9.17, 15) is 10.1 Å². The van der Waals surface area contributed by atoms with Crippen LogP contribution in [0.2, 0.25) is 5.02 Å². The van der Waals surface area contributed by atoms with Gasteiger partial charge < -0.3 is 5.73 Å². The molecule has 0 saturated heterocycles. The topological polar surface area (TPSA) is 82.0 Å². The van der Waals surface area contributed by atoms with Gasteiger partial charge in [0.2, 0.25) is 0 Å². The van der Waals surface area contributed by atoms with Crippen LogP contribution in [-0.4, -0.2) is 9.91 Å². The van der Waals surface area contributed by atoms with Crippen molar-refractivity contribution in [3.05, 3.63) is 69.0 Å². The van der Waals surface area contributed by atoms with E-state index in [1.807, 2.05) is 0 Å². The van der Waals surface area contributed by atoms with Crippen molar-refractivity contribution in [3.63, 3.8) is 0 Å². The fourth-order valence-electron chi connectivity index (χ4n) is 1.64. The summed E-state index contributed by atoms with van der Waals surface area (Å²) in [6, 6.07) is 7.40. The van der Waals surface area contributed by atoms with E-state index in [1.54, 1.807) is 30.6 Å². The van der Waals surface area contributed by atoms with Crippen molar-refractivity contribution in [3.8, 4) is 0 Å². The van der Waals surface area contributed by atoms with Crippen molar-refractivity contribution in [1.82, 2.24) is 4.98 Å². The lowest BCUT2D eigenvalue weighted by atomic mass is 10.0. The number of nitro groups is 1. The first-order valence-electron chi connectivity index (χ1n) is 5.18. The van der Waals surface area contributed by atoms with Crippen molar-refractivity contribution in [2.24, 2.45) is 5.73 Å². The summed E-state index contributed by atoms with van der Waals surface area (Å²) in [6.45, 7) is 0. The third kappa shape index (κ3) is 2.64. The molecule has 2 rings (SSSR count). The molecular weight excluding hydrogens is 254 g/mol. The van der Waals surface area contributed by atoms with Gasteiger partial charge in [0, 0.05) is 29.5 Å². The van der Waals surface area contributed by atoms with E-state index in [2.05, 4.69) is 4.98 Å². The fraction of sp³-hybridized carbons (Fsp3) is 0.0833. The van der Waals surface area contributed by atoms with Crippen LogP contribution in [0.15, 0.2) is 42.7 Å². The molecule has 1 unspecified atom stereocenters. The Morgan fingerprint density at radius 1 is 1.22 bits per heavy atom. The second-order valence-electron chi connectivity index (χ2n) is 3.76. The van der Waals surface area contributed by atoms with Gasteiger partial charge in [-0.3, -0.25) is 15.1 Å². The van der Waals surface area contributed by atoms with Crippen molar-refractivity contribution in [1.29, 1.82) is 0 Å². The number of benzene rings is 1. The molecule has 0 fully saturated rings. The average molecular weight is 264 g/mol. The van der Waals surface area contributed by atoms with Crippen LogP contribution in [0.1, 0.15) is 17.2 Å². The summed E-state index contributed by atoms with van der Waals surface area (Å²) in [4.78, 5) is 14.2. The van der Waals surface area contributed by atoms with E-state index >= 15 is 0 Å². The Balaban J connectivity index is 2.42. The average Bonchev–Trinajstić information content (AvgIpc) is 2.38. The van der Waals surface area contributed by atoms with Crippen molar-refractivity contribution < 1.29 is 4.92 Å². The van der Waals surface area contributed by atoms with Gasteiger partial charge >= 0.3 is 0 Å². The molecule has 92 valence electrons. The Labute approximate surface area is 108 Å². The van der Waals surface area contributed by atoms with Gasteiger partial charge in [-0.1, -0.05) is 11.6 Å². The Kier molecular flexibility index (Phi) is 3.55. The molecule has 6 heteroatoms. The number of rotatable bonds is 3. The van der Waals surface area contributed by atoms with Gasteiger partial charge in [-0.15, -0.1) is 0 Å². The smallest absolute Gasteiger partial charge is 0.271 e. The number of nitrogens with two attached hydrogens (primary N) is 1. The van der Waals surface area contributed by atoms with Gasteiger partial charge in [-0.25, -0.2) is 0 Å².